The molecule has 0 bridgehead atoms. The van der Waals surface area contributed by atoms with Crippen LogP contribution in [0, 0.1) is 5.41 Å². The molecule has 3 unspecified atom stereocenters. The molecule has 0 spiro atoms. The van der Waals surface area contributed by atoms with Crippen molar-refractivity contribution in [3.63, 3.8) is 0 Å². The Balaban J connectivity index is 1.71. The topological polar surface area (TPSA) is 318 Å². The Labute approximate surface area is 357 Å². The van der Waals surface area contributed by atoms with E-state index in [-0.39, 0.29) is 62.0 Å². The molecule has 9 N–H and O–H groups in total. The van der Waals surface area contributed by atoms with E-state index in [4.69, 9.17) is 19.3 Å². The van der Waals surface area contributed by atoms with Gasteiger partial charge < -0.3 is 66.0 Å². The fourth-order valence-electron chi connectivity index (χ4n) is 5.76. The van der Waals surface area contributed by atoms with E-state index in [1.54, 1.807) is 13.8 Å². The number of nitrogens with one attached hydrogen (secondary N) is 5. The van der Waals surface area contributed by atoms with Gasteiger partial charge >= 0.3 is 12.1 Å². The lowest BCUT2D eigenvalue weighted by molar-refractivity contribution is -0.172. The number of carboxylic acids is 1. The molecule has 0 saturated heterocycles. The van der Waals surface area contributed by atoms with Crippen molar-refractivity contribution in [3.05, 3.63) is 47.7 Å². The summed E-state index contributed by atoms with van der Waals surface area (Å²) in [6.45, 7) is 8.70. The van der Waals surface area contributed by atoms with Gasteiger partial charge in [-0.15, -0.1) is 0 Å². The first-order chi connectivity index (χ1) is 29.0. The maximum absolute atomic E-state index is 13.6. The van der Waals surface area contributed by atoms with Crippen molar-refractivity contribution in [3.8, 4) is 5.75 Å². The van der Waals surface area contributed by atoms with Crippen LogP contribution in [0.15, 0.2) is 42.2 Å². The van der Waals surface area contributed by atoms with Gasteiger partial charge in [-0.25, -0.2) is 9.59 Å². The van der Waals surface area contributed by atoms with Crippen LogP contribution in [0.25, 0.3) is 0 Å². The molecule has 2 heterocycles. The fourth-order valence-corrected chi connectivity index (χ4v) is 5.76. The summed E-state index contributed by atoms with van der Waals surface area (Å²) >= 11 is 0. The van der Waals surface area contributed by atoms with Crippen LogP contribution >= 0.6 is 0 Å². The number of unbranched alkanes of at least 4 members (excludes halogenated alkanes) is 1. The minimum absolute atomic E-state index is 0.0526. The van der Waals surface area contributed by atoms with Gasteiger partial charge in [-0.05, 0) is 84.7 Å². The SMILES string of the molecule is CNCC(C(=O)N[C@@H](CCCCNC(=O)C(C)(C)COC(C)(C)C)C(=O)NCCC(=O)Nc1cc(COC(=O)O)ccc1OC1OC(C(=O)O)=CC(O)[C@H]1O)N1C(=O)C=CC1=O. The van der Waals surface area contributed by atoms with Crippen molar-refractivity contribution in [2.45, 2.75) is 103 Å². The summed E-state index contributed by atoms with van der Waals surface area (Å²) in [4.78, 5) is 101. The highest BCUT2D eigenvalue weighted by atomic mass is 16.7. The molecule has 2 aliphatic rings. The fraction of sp³-hybridized carbons (Fsp3) is 0.550. The Morgan fingerprint density at radius 3 is 2.21 bits per heavy atom. The molecule has 5 atom stereocenters. The number of hydrogen-bond acceptors (Lipinski definition) is 15. The predicted molar refractivity (Wildman–Crippen MR) is 216 cm³/mol. The Hall–Kier alpha value is -6.10. The van der Waals surface area contributed by atoms with Crippen LogP contribution < -0.4 is 31.3 Å². The van der Waals surface area contributed by atoms with Crippen molar-refractivity contribution in [2.24, 2.45) is 5.41 Å². The number of amides is 6. The predicted octanol–water partition coefficient (Wildman–Crippen LogP) is -0.123. The molecule has 0 fully saturated rings. The van der Waals surface area contributed by atoms with Gasteiger partial charge in [0.2, 0.25) is 29.4 Å². The molecule has 3 rings (SSSR count). The summed E-state index contributed by atoms with van der Waals surface area (Å²) < 4.78 is 21.2. The van der Waals surface area contributed by atoms with Gasteiger partial charge in [-0.2, -0.15) is 0 Å². The second-order valence-corrected chi connectivity index (χ2v) is 15.9. The van der Waals surface area contributed by atoms with E-state index in [1.807, 2.05) is 20.8 Å². The number of nitrogens with zero attached hydrogens (tertiary/aromatic N) is 1. The molecular weight excluding hydrogens is 820 g/mol. The quantitative estimate of drug-likeness (QED) is 0.0393. The van der Waals surface area contributed by atoms with Gasteiger partial charge in [0.25, 0.3) is 18.1 Å². The molecule has 0 radical (unpaired) electrons. The van der Waals surface area contributed by atoms with Gasteiger partial charge in [-0.3, -0.25) is 33.7 Å². The summed E-state index contributed by atoms with van der Waals surface area (Å²) in [5.74, 6) is -6.35. The molecule has 6 amide bonds. The number of carbonyl (C=O) groups excluding carboxylic acids is 6. The number of aliphatic hydroxyl groups is 2. The van der Waals surface area contributed by atoms with Crippen LogP contribution in [0.4, 0.5) is 10.5 Å². The Kier molecular flexibility index (Phi) is 18.4. The number of aliphatic hydroxyl groups excluding tert-OH is 2. The van der Waals surface area contributed by atoms with E-state index in [0.29, 0.717) is 12.8 Å². The first-order valence-corrected chi connectivity index (χ1v) is 19.7. The van der Waals surface area contributed by atoms with Crippen LogP contribution in [0.3, 0.4) is 0 Å². The summed E-state index contributed by atoms with van der Waals surface area (Å²) in [6.07, 6.45) is -3.57. The monoisotopic (exact) mass is 876 g/mol. The molecule has 0 saturated carbocycles. The zero-order valence-electron chi connectivity index (χ0n) is 35.3. The Bertz CT molecular complexity index is 1870. The molecule has 0 aromatic heterocycles. The van der Waals surface area contributed by atoms with Gasteiger partial charge in [-0.1, -0.05) is 6.07 Å². The van der Waals surface area contributed by atoms with E-state index in [1.165, 1.54) is 25.2 Å². The van der Waals surface area contributed by atoms with Crippen LogP contribution in [0.1, 0.15) is 65.9 Å². The molecular formula is C40H56N6O16. The average Bonchev–Trinajstić information content (AvgIpc) is 3.52. The van der Waals surface area contributed by atoms with E-state index < -0.39 is 95.6 Å². The second kappa shape index (κ2) is 22.7. The van der Waals surface area contributed by atoms with Crippen LogP contribution in [-0.2, 0) is 54.4 Å². The number of likely N-dealkylation sites (N-methyl/N-ethyl adjacent to an activating group) is 1. The van der Waals surface area contributed by atoms with Crippen molar-refractivity contribution in [1.29, 1.82) is 0 Å². The van der Waals surface area contributed by atoms with Crippen molar-refractivity contribution in [1.82, 2.24) is 26.2 Å². The minimum atomic E-state index is -1.76. The van der Waals surface area contributed by atoms with Crippen LogP contribution in [0.2, 0.25) is 0 Å². The molecule has 22 heteroatoms. The van der Waals surface area contributed by atoms with Gasteiger partial charge in [0.15, 0.2) is 6.10 Å². The number of aliphatic carboxylic acids is 1. The molecule has 62 heavy (non-hydrogen) atoms. The third-order valence-corrected chi connectivity index (χ3v) is 9.15. The lowest BCUT2D eigenvalue weighted by Gasteiger charge is -2.31. The lowest BCUT2D eigenvalue weighted by Crippen LogP contribution is -2.57. The zero-order chi connectivity index (χ0) is 46.4. The number of benzene rings is 1. The summed E-state index contributed by atoms with van der Waals surface area (Å²) in [7, 11) is 1.51. The molecule has 2 aliphatic heterocycles. The third kappa shape index (κ3) is 15.4. The first-order valence-electron chi connectivity index (χ1n) is 19.7. The molecule has 1 aromatic rings. The zero-order valence-corrected chi connectivity index (χ0v) is 35.3. The molecule has 1 aromatic carbocycles. The van der Waals surface area contributed by atoms with Crippen molar-refractivity contribution < 1.29 is 77.7 Å². The number of carboxylic acid groups (broad SMARTS) is 2. The van der Waals surface area contributed by atoms with Gasteiger partial charge in [0, 0.05) is 38.2 Å². The number of carbonyl (C=O) groups is 8. The summed E-state index contributed by atoms with van der Waals surface area (Å²) in [6, 6.07) is 1.35. The van der Waals surface area contributed by atoms with Crippen LogP contribution in [-0.4, -0.2) is 142 Å². The average molecular weight is 877 g/mol. The van der Waals surface area contributed by atoms with Crippen molar-refractivity contribution in [2.75, 3.05) is 38.6 Å². The maximum atomic E-state index is 13.6. The summed E-state index contributed by atoms with van der Waals surface area (Å²) in [5.41, 5.74) is -1.15. The van der Waals surface area contributed by atoms with E-state index in [0.717, 1.165) is 23.1 Å². The van der Waals surface area contributed by atoms with Crippen LogP contribution in [0.5, 0.6) is 5.75 Å². The number of anilines is 1. The molecule has 22 nitrogen and oxygen atoms in total. The molecule has 342 valence electrons. The largest absolute Gasteiger partial charge is 0.506 e. The number of imide groups is 1. The van der Waals surface area contributed by atoms with E-state index >= 15 is 0 Å². The number of ether oxygens (including phenoxy) is 4. The van der Waals surface area contributed by atoms with Crippen molar-refractivity contribution >= 4 is 53.3 Å². The highest BCUT2D eigenvalue weighted by Crippen LogP contribution is 2.31. The summed E-state index contributed by atoms with van der Waals surface area (Å²) in [5, 5.41) is 52.2. The normalized spacial score (nSPS) is 18.5. The standard InChI is InChI=1S/C40H56N6O16/c1-39(2,3)60-21-40(4,5)37(56)43-15-8-7-9-23(45-34(53)25(19-41-6)46-30(49)12-13-31(46)50)33(52)42-16-14-29(48)44-24-17-22(20-59-38(57)58)10-11-27(24)61-36-32(51)26(47)18-28(62-36)35(54)55/h10-13,17-18,23,25-26,32,36,41,47,51H,7-9,14-16,19-21H2,1-6H3,(H,42,52)(H,43,56)(H,44,48)(H,45,53)(H,54,55)(H,57,58)/t23-,25?,26?,32+,36?/m0/s1. The van der Waals surface area contributed by atoms with Gasteiger partial charge in [0.1, 0.15) is 30.5 Å². The third-order valence-electron chi connectivity index (χ3n) is 9.15. The second-order valence-electron chi connectivity index (χ2n) is 15.9. The highest BCUT2D eigenvalue weighted by molar-refractivity contribution is 6.15. The van der Waals surface area contributed by atoms with E-state index in [2.05, 4.69) is 31.3 Å². The Morgan fingerprint density at radius 2 is 1.60 bits per heavy atom. The lowest BCUT2D eigenvalue weighted by atomic mass is 9.93. The highest BCUT2D eigenvalue weighted by Gasteiger charge is 2.38. The Morgan fingerprint density at radius 1 is 0.919 bits per heavy atom. The van der Waals surface area contributed by atoms with Gasteiger partial charge in [0.05, 0.1) is 23.3 Å². The smallest absolute Gasteiger partial charge is 0.475 e. The maximum Gasteiger partial charge on any atom is 0.506 e. The first kappa shape index (κ1) is 50.3. The number of rotatable bonds is 23. The molecule has 0 aliphatic carbocycles. The van der Waals surface area contributed by atoms with E-state index in [9.17, 15) is 53.7 Å². The number of hydrogen-bond donors (Lipinski definition) is 9. The minimum Gasteiger partial charge on any atom is -0.475 e.